The molecule has 0 bridgehead atoms. The molecule has 0 saturated carbocycles. The smallest absolute Gasteiger partial charge is 0.152 e. The molecule has 1 aliphatic heterocycles. The summed E-state index contributed by atoms with van der Waals surface area (Å²) in [4.78, 5) is 2.37. The lowest BCUT2D eigenvalue weighted by Gasteiger charge is -2.26. The van der Waals surface area contributed by atoms with Crippen LogP contribution in [0.3, 0.4) is 0 Å². The van der Waals surface area contributed by atoms with Crippen LogP contribution in [0.25, 0.3) is 110 Å². The second-order valence-electron chi connectivity index (χ2n) is 18.4. The Morgan fingerprint density at radius 3 is 1.65 bits per heavy atom. The largest absolute Gasteiger partial charge is 0.456 e. The van der Waals surface area contributed by atoms with Crippen molar-refractivity contribution in [2.24, 2.45) is 0 Å². The Bertz CT molecular complexity index is 4390. The van der Waals surface area contributed by atoms with Gasteiger partial charge in [0.2, 0.25) is 0 Å². The maximum atomic E-state index is 6.44. The normalized spacial score (nSPS) is 12.1. The first-order valence-electron chi connectivity index (χ1n) is 24.2. The average molecular weight is 908 g/mol. The van der Waals surface area contributed by atoms with Gasteiger partial charge < -0.3 is 23.2 Å². The summed E-state index contributed by atoms with van der Waals surface area (Å²) in [6, 6.07) is 89.3. The molecule has 0 saturated heterocycles. The molecule has 0 unspecified atom stereocenters. The minimum absolute atomic E-state index is 0.863. The van der Waals surface area contributed by atoms with Gasteiger partial charge >= 0.3 is 0 Å². The van der Waals surface area contributed by atoms with E-state index in [-0.39, 0.29) is 0 Å². The van der Waals surface area contributed by atoms with Gasteiger partial charge in [0.05, 0.1) is 33.4 Å². The molecule has 71 heavy (non-hydrogen) atoms. The molecule has 5 nitrogen and oxygen atoms in total. The van der Waals surface area contributed by atoms with E-state index in [4.69, 9.17) is 9.15 Å². The van der Waals surface area contributed by atoms with E-state index < -0.39 is 0 Å². The Balaban J connectivity index is 0.862. The van der Waals surface area contributed by atoms with Crippen LogP contribution in [0.5, 0.6) is 11.5 Å². The predicted octanol–water partition coefficient (Wildman–Crippen LogP) is 18.4. The highest BCUT2D eigenvalue weighted by Crippen LogP contribution is 2.47. The van der Waals surface area contributed by atoms with Gasteiger partial charge in [-0.1, -0.05) is 152 Å². The molecule has 332 valence electrons. The molecular formula is C66H41N3O2. The molecule has 3 aromatic heterocycles. The minimum atomic E-state index is 0.863. The van der Waals surface area contributed by atoms with Crippen LogP contribution in [-0.4, -0.2) is 9.13 Å². The van der Waals surface area contributed by atoms with Gasteiger partial charge in [-0.2, -0.15) is 0 Å². The Morgan fingerprint density at radius 1 is 0.310 bits per heavy atom. The van der Waals surface area contributed by atoms with Crippen molar-refractivity contribution in [3.8, 4) is 56.3 Å². The van der Waals surface area contributed by atoms with Gasteiger partial charge in [-0.25, -0.2) is 0 Å². The molecule has 4 heterocycles. The maximum Gasteiger partial charge on any atom is 0.152 e. The summed E-state index contributed by atoms with van der Waals surface area (Å²) in [5, 5.41) is 7.11. The van der Waals surface area contributed by atoms with Gasteiger partial charge in [0.15, 0.2) is 11.5 Å². The van der Waals surface area contributed by atoms with Crippen LogP contribution in [0.15, 0.2) is 253 Å². The number of hydrogen-bond acceptors (Lipinski definition) is 3. The fraction of sp³-hybridized carbons (Fsp3) is 0. The second kappa shape index (κ2) is 15.5. The summed E-state index contributed by atoms with van der Waals surface area (Å²) in [6.45, 7) is 0. The van der Waals surface area contributed by atoms with Crippen molar-refractivity contribution in [3.63, 3.8) is 0 Å². The fourth-order valence-electron chi connectivity index (χ4n) is 11.4. The van der Waals surface area contributed by atoms with E-state index in [1.54, 1.807) is 0 Å². The van der Waals surface area contributed by atoms with E-state index in [0.717, 1.165) is 101 Å². The van der Waals surface area contributed by atoms with Crippen LogP contribution < -0.4 is 9.64 Å². The number of aromatic nitrogens is 2. The summed E-state index contributed by atoms with van der Waals surface area (Å²) >= 11 is 0. The standard InChI is InChI=1S/C66H41N3O2/c1-5-22-56(68-57-23-6-2-17-51(57)52-18-3-7-24-58(52)68)49(16-1)42-30-35-46(36-31-42)67(47-37-32-43(33-38-47)50-20-12-28-63-65(50)54-19-4-9-26-61(54)70-63)48-15-11-14-44(40-48)45-34-39-59-55(41-45)53-21-13-29-64-66(53)69(59)60-25-8-10-27-62(60)71-64/h1-41H. The number of hydrogen-bond donors (Lipinski definition) is 0. The van der Waals surface area contributed by atoms with Gasteiger partial charge in [0.1, 0.15) is 11.2 Å². The summed E-state index contributed by atoms with van der Waals surface area (Å²) in [7, 11) is 0. The van der Waals surface area contributed by atoms with Gasteiger partial charge in [-0.05, 0) is 125 Å². The van der Waals surface area contributed by atoms with Gasteiger partial charge in [0.25, 0.3) is 0 Å². The number of nitrogens with zero attached hydrogens (tertiary/aromatic N) is 3. The molecule has 0 aliphatic carbocycles. The van der Waals surface area contributed by atoms with Crippen molar-refractivity contribution < 1.29 is 9.15 Å². The lowest BCUT2D eigenvalue weighted by atomic mass is 9.98. The molecule has 0 N–H and O–H groups in total. The monoisotopic (exact) mass is 907 g/mol. The number of para-hydroxylation sites is 7. The van der Waals surface area contributed by atoms with Crippen LogP contribution in [0.1, 0.15) is 0 Å². The first-order valence-corrected chi connectivity index (χ1v) is 24.2. The molecule has 1 aliphatic rings. The van der Waals surface area contributed by atoms with Crippen LogP contribution in [0.2, 0.25) is 0 Å². The molecule has 0 amide bonds. The SMILES string of the molecule is c1cc(-c2ccc3c(c2)c2cccc4c2n3-c2ccccc2O4)cc(N(c2ccc(-c3ccccc3-n3c4ccccc4c4ccccc43)cc2)c2ccc(-c3cccc4oc5ccccc5c34)cc2)c1. The van der Waals surface area contributed by atoms with Crippen molar-refractivity contribution in [1.29, 1.82) is 0 Å². The summed E-state index contributed by atoms with van der Waals surface area (Å²) in [6.07, 6.45) is 0. The van der Waals surface area contributed by atoms with E-state index in [9.17, 15) is 0 Å². The highest BCUT2D eigenvalue weighted by Gasteiger charge is 2.24. The van der Waals surface area contributed by atoms with Crippen LogP contribution in [-0.2, 0) is 0 Å². The van der Waals surface area contributed by atoms with Crippen LogP contribution >= 0.6 is 0 Å². The Labute approximate surface area is 408 Å². The van der Waals surface area contributed by atoms with Crippen molar-refractivity contribution in [2.45, 2.75) is 0 Å². The Morgan fingerprint density at radius 2 is 0.859 bits per heavy atom. The van der Waals surface area contributed by atoms with Gasteiger partial charge in [-0.15, -0.1) is 0 Å². The summed E-state index contributed by atoms with van der Waals surface area (Å²) in [5.74, 6) is 1.74. The van der Waals surface area contributed by atoms with Crippen LogP contribution in [0.4, 0.5) is 17.1 Å². The Hall–Kier alpha value is -9.58. The molecule has 0 fully saturated rings. The van der Waals surface area contributed by atoms with E-state index in [1.165, 1.54) is 38.1 Å². The zero-order chi connectivity index (χ0) is 46.6. The zero-order valence-electron chi connectivity index (χ0n) is 38.3. The number of ether oxygens (including phenoxy) is 1. The molecule has 0 atom stereocenters. The lowest BCUT2D eigenvalue weighted by Crippen LogP contribution is -2.10. The molecule has 0 spiro atoms. The van der Waals surface area contributed by atoms with Crippen molar-refractivity contribution >= 4 is 82.6 Å². The summed E-state index contributed by atoms with van der Waals surface area (Å²) < 4.78 is 17.5. The van der Waals surface area contributed by atoms with Crippen molar-refractivity contribution in [2.75, 3.05) is 4.90 Å². The number of anilines is 3. The third kappa shape index (κ3) is 6.06. The first-order chi connectivity index (χ1) is 35.2. The van der Waals surface area contributed by atoms with E-state index in [0.29, 0.717) is 0 Å². The third-order valence-electron chi connectivity index (χ3n) is 14.5. The van der Waals surface area contributed by atoms with Crippen LogP contribution in [0, 0.1) is 0 Å². The van der Waals surface area contributed by atoms with Gasteiger partial charge in [0, 0.05) is 54.9 Å². The number of rotatable bonds is 7. The average Bonchev–Trinajstić information content (AvgIpc) is 4.10. The third-order valence-corrected chi connectivity index (χ3v) is 14.5. The van der Waals surface area contributed by atoms with Crippen molar-refractivity contribution in [1.82, 2.24) is 9.13 Å². The molecular weight excluding hydrogens is 867 g/mol. The van der Waals surface area contributed by atoms with E-state index >= 15 is 0 Å². The molecule has 5 heteroatoms. The molecule has 15 rings (SSSR count). The number of benzene rings is 11. The summed E-state index contributed by atoms with van der Waals surface area (Å²) in [5.41, 5.74) is 18.6. The Kier molecular flexibility index (Phi) is 8.59. The molecule has 0 radical (unpaired) electrons. The van der Waals surface area contributed by atoms with Gasteiger partial charge in [-0.3, -0.25) is 0 Å². The maximum absolute atomic E-state index is 6.44. The molecule has 11 aromatic carbocycles. The first kappa shape index (κ1) is 39.4. The quantitative estimate of drug-likeness (QED) is 0.160. The predicted molar refractivity (Wildman–Crippen MR) is 293 cm³/mol. The highest BCUT2D eigenvalue weighted by molar-refractivity contribution is 6.14. The second-order valence-corrected chi connectivity index (χ2v) is 18.4. The number of fused-ring (bicyclic) bond motifs is 11. The fourth-order valence-corrected chi connectivity index (χ4v) is 11.4. The highest BCUT2D eigenvalue weighted by atomic mass is 16.5. The zero-order valence-corrected chi connectivity index (χ0v) is 38.3. The van der Waals surface area contributed by atoms with E-state index in [2.05, 4.69) is 238 Å². The van der Waals surface area contributed by atoms with E-state index in [1.807, 2.05) is 24.3 Å². The topological polar surface area (TPSA) is 35.5 Å². The lowest BCUT2D eigenvalue weighted by molar-refractivity contribution is 0.476. The van der Waals surface area contributed by atoms with Crippen molar-refractivity contribution in [3.05, 3.63) is 249 Å². The molecule has 14 aromatic rings. The number of furan rings is 1. The minimum Gasteiger partial charge on any atom is -0.456 e.